The van der Waals surface area contributed by atoms with Crippen molar-refractivity contribution in [1.29, 1.82) is 0 Å². The average molecular weight is 439 g/mol. The maximum atomic E-state index is 12.3. The lowest BCUT2D eigenvalue weighted by atomic mass is 10.1. The number of halogens is 1. The van der Waals surface area contributed by atoms with Crippen molar-refractivity contribution >= 4 is 52.2 Å². The van der Waals surface area contributed by atoms with Crippen LogP contribution in [0.5, 0.6) is 0 Å². The fourth-order valence-corrected chi connectivity index (χ4v) is 3.85. The number of carboxylic acid groups (broad SMARTS) is 1. The number of amidine groups is 1. The summed E-state index contributed by atoms with van der Waals surface area (Å²) in [5.41, 5.74) is 2.37. The third kappa shape index (κ3) is 4.17. The normalized spacial score (nSPS) is 16.3. The molecular formula is C22H15ClN2O4S. The van der Waals surface area contributed by atoms with Gasteiger partial charge in [-0.3, -0.25) is 4.79 Å². The van der Waals surface area contributed by atoms with Gasteiger partial charge in [-0.2, -0.15) is 0 Å². The molecule has 1 fully saturated rings. The second kappa shape index (κ2) is 8.22. The number of para-hydroxylation sites is 1. The Balaban J connectivity index is 1.57. The van der Waals surface area contributed by atoms with Crippen LogP contribution in [0.25, 0.3) is 17.4 Å². The van der Waals surface area contributed by atoms with Gasteiger partial charge >= 0.3 is 5.97 Å². The lowest BCUT2D eigenvalue weighted by molar-refractivity contribution is -0.115. The van der Waals surface area contributed by atoms with E-state index in [9.17, 15) is 14.7 Å². The largest absolute Gasteiger partial charge is 0.478 e. The number of nitrogens with zero attached hydrogens (tertiary/aromatic N) is 1. The number of carboxylic acids is 1. The number of aliphatic imine (C=N–C) groups is 1. The molecule has 0 spiro atoms. The summed E-state index contributed by atoms with van der Waals surface area (Å²) in [4.78, 5) is 28.5. The molecule has 30 heavy (non-hydrogen) atoms. The molecule has 6 nitrogen and oxygen atoms in total. The van der Waals surface area contributed by atoms with Crippen LogP contribution in [0.3, 0.4) is 0 Å². The van der Waals surface area contributed by atoms with Gasteiger partial charge in [0.1, 0.15) is 11.5 Å². The molecular weight excluding hydrogens is 424 g/mol. The highest BCUT2D eigenvalue weighted by Crippen LogP contribution is 2.31. The van der Waals surface area contributed by atoms with E-state index >= 15 is 0 Å². The molecule has 1 aromatic heterocycles. The number of benzene rings is 2. The molecule has 0 atom stereocenters. The second-order valence-corrected chi connectivity index (χ2v) is 7.91. The topological polar surface area (TPSA) is 91.9 Å². The van der Waals surface area contributed by atoms with Gasteiger partial charge in [-0.15, -0.1) is 0 Å². The molecule has 1 aliphatic rings. The molecule has 4 rings (SSSR count). The Morgan fingerprint density at radius 3 is 2.77 bits per heavy atom. The summed E-state index contributed by atoms with van der Waals surface area (Å²) >= 11 is 7.14. The number of aromatic carboxylic acids is 1. The number of carbonyl (C=O) groups excluding carboxylic acids is 1. The Hall–Kier alpha value is -3.29. The van der Waals surface area contributed by atoms with E-state index < -0.39 is 5.97 Å². The summed E-state index contributed by atoms with van der Waals surface area (Å²) < 4.78 is 5.78. The Labute approximate surface area is 181 Å². The minimum atomic E-state index is -1.12. The summed E-state index contributed by atoms with van der Waals surface area (Å²) in [5.74, 6) is -0.440. The number of carbonyl (C=O) groups is 2. The zero-order valence-corrected chi connectivity index (χ0v) is 17.3. The van der Waals surface area contributed by atoms with E-state index in [1.54, 1.807) is 24.3 Å². The summed E-state index contributed by atoms with van der Waals surface area (Å²) in [5, 5.41) is 12.6. The molecule has 1 amide bonds. The number of rotatable bonds is 4. The standard InChI is InChI=1S/C22H15ClN2O4S/c1-12-4-2-3-5-17(12)24-22-25-20(26)19(30-22)11-14-7-9-18(29-14)13-6-8-16(23)15(10-13)21(27)28/h2-11H,1H3,(H,27,28)(H,24,25,26)/b19-11-. The minimum absolute atomic E-state index is 0.00624. The number of hydrogen-bond acceptors (Lipinski definition) is 5. The van der Waals surface area contributed by atoms with Crippen LogP contribution in [0, 0.1) is 6.92 Å². The van der Waals surface area contributed by atoms with Crippen LogP contribution >= 0.6 is 23.4 Å². The highest BCUT2D eigenvalue weighted by molar-refractivity contribution is 8.18. The van der Waals surface area contributed by atoms with Gasteiger partial charge in [0.25, 0.3) is 5.91 Å². The highest BCUT2D eigenvalue weighted by Gasteiger charge is 2.24. The first-order valence-electron chi connectivity index (χ1n) is 8.89. The van der Waals surface area contributed by atoms with Crippen LogP contribution in [-0.2, 0) is 4.79 Å². The van der Waals surface area contributed by atoms with Gasteiger partial charge in [-0.1, -0.05) is 29.8 Å². The second-order valence-electron chi connectivity index (χ2n) is 6.47. The van der Waals surface area contributed by atoms with Gasteiger partial charge in [0, 0.05) is 11.6 Å². The lowest BCUT2D eigenvalue weighted by Gasteiger charge is -2.02. The molecule has 1 saturated heterocycles. The molecule has 0 bridgehead atoms. The summed E-state index contributed by atoms with van der Waals surface area (Å²) in [6.07, 6.45) is 1.62. The number of amides is 1. The van der Waals surface area contributed by atoms with E-state index in [1.165, 1.54) is 23.9 Å². The molecule has 0 radical (unpaired) electrons. The SMILES string of the molecule is Cc1ccccc1N=C1NC(=O)/C(=C/c2ccc(-c3ccc(Cl)c(C(=O)O)c3)o2)S1. The van der Waals surface area contributed by atoms with Crippen molar-refractivity contribution in [2.75, 3.05) is 0 Å². The Morgan fingerprint density at radius 1 is 1.20 bits per heavy atom. The maximum Gasteiger partial charge on any atom is 0.337 e. The van der Waals surface area contributed by atoms with E-state index in [-0.39, 0.29) is 16.5 Å². The summed E-state index contributed by atoms with van der Waals surface area (Å²) in [6.45, 7) is 1.95. The van der Waals surface area contributed by atoms with Gasteiger partial charge in [0.05, 0.1) is 21.2 Å². The number of thioether (sulfide) groups is 1. The molecule has 3 aromatic rings. The van der Waals surface area contributed by atoms with E-state index in [2.05, 4.69) is 10.3 Å². The number of aryl methyl sites for hydroxylation is 1. The van der Waals surface area contributed by atoms with Gasteiger partial charge in [-0.05, 0) is 60.6 Å². The van der Waals surface area contributed by atoms with Crippen LogP contribution in [0.15, 0.2) is 68.9 Å². The molecule has 2 N–H and O–H groups in total. The van der Waals surface area contributed by atoms with Crippen LogP contribution in [0.4, 0.5) is 5.69 Å². The van der Waals surface area contributed by atoms with Crippen LogP contribution < -0.4 is 5.32 Å². The first-order valence-corrected chi connectivity index (χ1v) is 10.1. The third-order valence-electron chi connectivity index (χ3n) is 4.37. The zero-order chi connectivity index (χ0) is 21.3. The fourth-order valence-electron chi connectivity index (χ4n) is 2.84. The molecule has 0 aliphatic carbocycles. The van der Waals surface area contributed by atoms with Crippen molar-refractivity contribution in [3.05, 3.63) is 81.4 Å². The first-order chi connectivity index (χ1) is 14.4. The van der Waals surface area contributed by atoms with Crippen molar-refractivity contribution in [1.82, 2.24) is 5.32 Å². The number of furan rings is 1. The number of hydrogen-bond donors (Lipinski definition) is 2. The Bertz CT molecular complexity index is 1230. The van der Waals surface area contributed by atoms with Gasteiger partial charge in [-0.25, -0.2) is 9.79 Å². The van der Waals surface area contributed by atoms with E-state index in [0.29, 0.717) is 27.2 Å². The molecule has 150 valence electrons. The lowest BCUT2D eigenvalue weighted by Crippen LogP contribution is -2.19. The van der Waals surface area contributed by atoms with Crippen molar-refractivity contribution in [2.24, 2.45) is 4.99 Å². The molecule has 0 saturated carbocycles. The highest BCUT2D eigenvalue weighted by atomic mass is 35.5. The predicted octanol–water partition coefficient (Wildman–Crippen LogP) is 5.50. The van der Waals surface area contributed by atoms with Gasteiger partial charge in [0.15, 0.2) is 5.17 Å². The van der Waals surface area contributed by atoms with E-state index in [4.69, 9.17) is 16.0 Å². The van der Waals surface area contributed by atoms with Crippen molar-refractivity contribution in [3.63, 3.8) is 0 Å². The fraction of sp³-hybridized carbons (Fsp3) is 0.0455. The molecule has 0 unspecified atom stereocenters. The molecule has 1 aliphatic heterocycles. The van der Waals surface area contributed by atoms with Crippen molar-refractivity contribution < 1.29 is 19.1 Å². The monoisotopic (exact) mass is 438 g/mol. The van der Waals surface area contributed by atoms with Crippen LogP contribution in [0.1, 0.15) is 21.7 Å². The average Bonchev–Trinajstić information content (AvgIpc) is 3.31. The Kier molecular flexibility index (Phi) is 5.48. The first kappa shape index (κ1) is 20.0. The molecule has 2 aromatic carbocycles. The van der Waals surface area contributed by atoms with Crippen molar-refractivity contribution in [2.45, 2.75) is 6.92 Å². The predicted molar refractivity (Wildman–Crippen MR) is 118 cm³/mol. The van der Waals surface area contributed by atoms with Crippen LogP contribution in [-0.4, -0.2) is 22.2 Å². The van der Waals surface area contributed by atoms with E-state index in [0.717, 1.165) is 11.3 Å². The quantitative estimate of drug-likeness (QED) is 0.525. The van der Waals surface area contributed by atoms with Gasteiger partial charge in [0.2, 0.25) is 0 Å². The Morgan fingerprint density at radius 2 is 2.00 bits per heavy atom. The number of nitrogens with one attached hydrogen (secondary N) is 1. The molecule has 2 heterocycles. The smallest absolute Gasteiger partial charge is 0.337 e. The summed E-state index contributed by atoms with van der Waals surface area (Å²) in [6, 6.07) is 15.7. The van der Waals surface area contributed by atoms with E-state index in [1.807, 2.05) is 31.2 Å². The zero-order valence-electron chi connectivity index (χ0n) is 15.7. The maximum absolute atomic E-state index is 12.3. The van der Waals surface area contributed by atoms with Gasteiger partial charge < -0.3 is 14.8 Å². The summed E-state index contributed by atoms with van der Waals surface area (Å²) in [7, 11) is 0. The minimum Gasteiger partial charge on any atom is -0.478 e. The third-order valence-corrected chi connectivity index (χ3v) is 5.61. The molecule has 8 heteroatoms. The van der Waals surface area contributed by atoms with Crippen LogP contribution in [0.2, 0.25) is 5.02 Å². The van der Waals surface area contributed by atoms with Crippen molar-refractivity contribution in [3.8, 4) is 11.3 Å².